The number of hydrogen-bond donors (Lipinski definition) is 2. The molecule has 1 amide bonds. The molecule has 0 aromatic heterocycles. The van der Waals surface area contributed by atoms with Crippen LogP contribution < -0.4 is 10.6 Å². The lowest BCUT2D eigenvalue weighted by molar-refractivity contribution is -0.147. The van der Waals surface area contributed by atoms with Crippen LogP contribution in [0, 0.1) is 0 Å². The highest BCUT2D eigenvalue weighted by Gasteiger charge is 2.28. The van der Waals surface area contributed by atoms with Crippen LogP contribution in [0.2, 0.25) is 0 Å². The number of nitrogens with one attached hydrogen (secondary N) is 2. The van der Waals surface area contributed by atoms with Gasteiger partial charge in [-0.05, 0) is 12.5 Å². The van der Waals surface area contributed by atoms with E-state index in [1.807, 2.05) is 36.2 Å². The largest absolute Gasteiger partial charge is 0.338 e. The second-order valence-electron chi connectivity index (χ2n) is 4.89. The Labute approximate surface area is 120 Å². The lowest BCUT2D eigenvalue weighted by Gasteiger charge is -2.42. The van der Waals surface area contributed by atoms with E-state index < -0.39 is 0 Å². The number of hydrazine groups is 1. The summed E-state index contributed by atoms with van der Waals surface area (Å²) in [5.74, 6) is 0.0543. The maximum absolute atomic E-state index is 11.6. The molecule has 0 spiro atoms. The van der Waals surface area contributed by atoms with E-state index in [4.69, 9.17) is 0 Å². The van der Waals surface area contributed by atoms with Crippen molar-refractivity contribution in [3.63, 3.8) is 0 Å². The number of nitrogens with zero attached hydrogens (tertiary/aromatic N) is 2. The highest BCUT2D eigenvalue weighted by molar-refractivity contribution is 5.78. The Bertz CT molecular complexity index is 448. The average Bonchev–Trinajstić information content (AvgIpc) is 2.43. The highest BCUT2D eigenvalue weighted by Crippen LogP contribution is 2.07. The number of carbonyl (C=O) groups excluding carboxylic acids is 1. The van der Waals surface area contributed by atoms with Gasteiger partial charge < -0.3 is 5.32 Å². The van der Waals surface area contributed by atoms with Crippen molar-refractivity contribution in [2.45, 2.75) is 19.6 Å². The Morgan fingerprint density at radius 2 is 2.20 bits per heavy atom. The van der Waals surface area contributed by atoms with Crippen LogP contribution in [0.5, 0.6) is 0 Å². The van der Waals surface area contributed by atoms with Crippen molar-refractivity contribution in [1.29, 1.82) is 0 Å². The molecule has 1 aliphatic heterocycles. The van der Waals surface area contributed by atoms with Crippen LogP contribution >= 0.6 is 0 Å². The molecule has 108 valence electrons. The molecule has 0 saturated carbocycles. The lowest BCUT2D eigenvalue weighted by Crippen LogP contribution is -2.64. The molecule has 0 radical (unpaired) electrons. The van der Waals surface area contributed by atoms with Crippen molar-refractivity contribution in [1.82, 2.24) is 20.7 Å². The monoisotopic (exact) mass is 274 g/mol. The van der Waals surface area contributed by atoms with E-state index in [2.05, 4.69) is 34.4 Å². The van der Waals surface area contributed by atoms with Crippen LogP contribution in [0.25, 0.3) is 0 Å². The molecule has 0 aliphatic carbocycles. The molecule has 20 heavy (non-hydrogen) atoms. The fraction of sp³-hybridized carbons (Fsp3) is 0.400. The zero-order chi connectivity index (χ0) is 14.4. The molecule has 1 heterocycles. The summed E-state index contributed by atoms with van der Waals surface area (Å²) in [5.41, 5.74) is 1.25. The van der Waals surface area contributed by atoms with Crippen molar-refractivity contribution in [2.24, 2.45) is 0 Å². The first kappa shape index (κ1) is 14.7. The second-order valence-corrected chi connectivity index (χ2v) is 4.89. The molecule has 1 saturated heterocycles. The van der Waals surface area contributed by atoms with Gasteiger partial charge in [0.25, 0.3) is 0 Å². The summed E-state index contributed by atoms with van der Waals surface area (Å²) >= 11 is 0. The SMILES string of the molecule is C=CCN1CC(=O)N[C@H](C)N1CNCc1ccccc1. The standard InChI is InChI=1S/C15H22N4O/c1-3-9-18-11-15(20)17-13(2)19(18)12-16-10-14-7-5-4-6-8-14/h3-8,13,16H,1,9-12H2,2H3,(H,17,20)/t13-/m0/s1. The van der Waals surface area contributed by atoms with Crippen molar-refractivity contribution >= 4 is 5.91 Å². The Kier molecular flexibility index (Phi) is 5.29. The van der Waals surface area contributed by atoms with Crippen molar-refractivity contribution in [2.75, 3.05) is 19.8 Å². The Morgan fingerprint density at radius 1 is 1.45 bits per heavy atom. The first-order valence-electron chi connectivity index (χ1n) is 6.87. The summed E-state index contributed by atoms with van der Waals surface area (Å²) in [6, 6.07) is 10.3. The van der Waals surface area contributed by atoms with E-state index in [0.29, 0.717) is 19.8 Å². The van der Waals surface area contributed by atoms with E-state index in [-0.39, 0.29) is 12.1 Å². The first-order valence-corrected chi connectivity index (χ1v) is 6.87. The summed E-state index contributed by atoms with van der Waals surface area (Å²) in [5, 5.41) is 10.5. The lowest BCUT2D eigenvalue weighted by atomic mass is 10.2. The Balaban J connectivity index is 1.88. The Morgan fingerprint density at radius 3 is 2.90 bits per heavy atom. The number of benzene rings is 1. The molecular formula is C15H22N4O. The van der Waals surface area contributed by atoms with Gasteiger partial charge in [0.15, 0.2) is 0 Å². The molecule has 1 aromatic carbocycles. The average molecular weight is 274 g/mol. The maximum Gasteiger partial charge on any atom is 0.236 e. The fourth-order valence-electron chi connectivity index (χ4n) is 2.32. The fourth-order valence-corrected chi connectivity index (χ4v) is 2.32. The topological polar surface area (TPSA) is 47.6 Å². The number of hydrogen-bond acceptors (Lipinski definition) is 4. The normalized spacial score (nSPS) is 20.6. The molecule has 0 bridgehead atoms. The molecule has 1 aliphatic rings. The molecule has 0 unspecified atom stereocenters. The number of rotatable bonds is 6. The summed E-state index contributed by atoms with van der Waals surface area (Å²) in [7, 11) is 0. The number of carbonyl (C=O) groups is 1. The van der Waals surface area contributed by atoms with Gasteiger partial charge in [0.2, 0.25) is 5.91 Å². The summed E-state index contributed by atoms with van der Waals surface area (Å²) in [6.45, 7) is 8.27. The number of amides is 1. The summed E-state index contributed by atoms with van der Waals surface area (Å²) in [6.07, 6.45) is 1.80. The first-order chi connectivity index (χ1) is 9.70. The third kappa shape index (κ3) is 3.90. The van der Waals surface area contributed by atoms with Crippen LogP contribution in [0.1, 0.15) is 12.5 Å². The quantitative estimate of drug-likeness (QED) is 0.757. The van der Waals surface area contributed by atoms with Gasteiger partial charge in [-0.3, -0.25) is 10.1 Å². The van der Waals surface area contributed by atoms with Gasteiger partial charge in [-0.15, -0.1) is 6.58 Å². The predicted octanol–water partition coefficient (Wildman–Crippen LogP) is 0.915. The van der Waals surface area contributed by atoms with Crippen LogP contribution in [0.3, 0.4) is 0 Å². The molecule has 1 atom stereocenters. The smallest absolute Gasteiger partial charge is 0.236 e. The third-order valence-corrected chi connectivity index (χ3v) is 3.29. The van der Waals surface area contributed by atoms with Crippen LogP contribution in [-0.2, 0) is 11.3 Å². The minimum absolute atomic E-state index is 0.0144. The van der Waals surface area contributed by atoms with Gasteiger partial charge in [-0.2, -0.15) is 0 Å². The minimum atomic E-state index is -0.0144. The zero-order valence-corrected chi connectivity index (χ0v) is 11.9. The third-order valence-electron chi connectivity index (χ3n) is 3.29. The van der Waals surface area contributed by atoms with Crippen molar-refractivity contribution in [3.8, 4) is 0 Å². The molecule has 1 fully saturated rings. The summed E-state index contributed by atoms with van der Waals surface area (Å²) in [4.78, 5) is 11.6. The van der Waals surface area contributed by atoms with Gasteiger partial charge in [0, 0.05) is 13.1 Å². The molecular weight excluding hydrogens is 252 g/mol. The van der Waals surface area contributed by atoms with Crippen LogP contribution in [0.15, 0.2) is 43.0 Å². The van der Waals surface area contributed by atoms with Crippen LogP contribution in [0.4, 0.5) is 0 Å². The summed E-state index contributed by atoms with van der Waals surface area (Å²) < 4.78 is 0. The minimum Gasteiger partial charge on any atom is -0.338 e. The zero-order valence-electron chi connectivity index (χ0n) is 11.9. The molecule has 2 rings (SSSR count). The predicted molar refractivity (Wildman–Crippen MR) is 79.4 cm³/mol. The van der Waals surface area contributed by atoms with E-state index in [0.717, 1.165) is 6.54 Å². The van der Waals surface area contributed by atoms with Gasteiger partial charge in [-0.1, -0.05) is 36.4 Å². The van der Waals surface area contributed by atoms with Crippen molar-refractivity contribution < 1.29 is 4.79 Å². The Hall–Kier alpha value is -1.69. The van der Waals surface area contributed by atoms with E-state index in [1.54, 1.807) is 0 Å². The van der Waals surface area contributed by atoms with Gasteiger partial charge >= 0.3 is 0 Å². The van der Waals surface area contributed by atoms with E-state index in [1.165, 1.54) is 5.56 Å². The molecule has 5 nitrogen and oxygen atoms in total. The van der Waals surface area contributed by atoms with Crippen molar-refractivity contribution in [3.05, 3.63) is 48.6 Å². The molecule has 1 aromatic rings. The van der Waals surface area contributed by atoms with E-state index >= 15 is 0 Å². The van der Waals surface area contributed by atoms with E-state index in [9.17, 15) is 4.79 Å². The molecule has 2 N–H and O–H groups in total. The molecule has 5 heteroatoms. The van der Waals surface area contributed by atoms with Crippen LogP contribution in [-0.4, -0.2) is 41.8 Å². The van der Waals surface area contributed by atoms with Gasteiger partial charge in [0.05, 0.1) is 19.4 Å². The van der Waals surface area contributed by atoms with Gasteiger partial charge in [-0.25, -0.2) is 10.0 Å². The maximum atomic E-state index is 11.6. The highest BCUT2D eigenvalue weighted by atomic mass is 16.2. The van der Waals surface area contributed by atoms with Gasteiger partial charge in [0.1, 0.15) is 0 Å². The second kappa shape index (κ2) is 7.19.